The minimum absolute atomic E-state index is 0.00719. The summed E-state index contributed by atoms with van der Waals surface area (Å²) in [6, 6.07) is 10.8. The highest BCUT2D eigenvalue weighted by atomic mass is 16.5. The van der Waals surface area contributed by atoms with Gasteiger partial charge >= 0.3 is 0 Å². The summed E-state index contributed by atoms with van der Waals surface area (Å²) in [6.45, 7) is 6.13. The lowest BCUT2D eigenvalue weighted by Crippen LogP contribution is -2.50. The SMILES string of the molecule is CN(C)C(=O)CN=C(NCCc1ccccc1)NC1CCN(CC2CCOC2)CC1. The quantitative estimate of drug-likeness (QED) is 0.496. The molecule has 0 aromatic heterocycles. The first-order valence-corrected chi connectivity index (χ1v) is 11.2. The predicted octanol–water partition coefficient (Wildman–Crippen LogP) is 1.35. The number of aliphatic imine (C=N–C) groups is 1. The van der Waals surface area contributed by atoms with Crippen molar-refractivity contribution < 1.29 is 9.53 Å². The fraction of sp³-hybridized carbons (Fsp3) is 0.652. The van der Waals surface area contributed by atoms with Gasteiger partial charge in [0.1, 0.15) is 6.54 Å². The Balaban J connectivity index is 1.47. The number of nitrogens with one attached hydrogen (secondary N) is 2. The van der Waals surface area contributed by atoms with Gasteiger partial charge in [0.25, 0.3) is 0 Å². The molecule has 1 atom stereocenters. The molecule has 7 heteroatoms. The van der Waals surface area contributed by atoms with Gasteiger partial charge in [0, 0.05) is 52.9 Å². The van der Waals surface area contributed by atoms with Crippen LogP contribution >= 0.6 is 0 Å². The molecule has 2 N–H and O–H groups in total. The van der Waals surface area contributed by atoms with Crippen LogP contribution in [0, 0.1) is 5.92 Å². The van der Waals surface area contributed by atoms with Gasteiger partial charge in [-0.15, -0.1) is 0 Å². The lowest BCUT2D eigenvalue weighted by Gasteiger charge is -2.34. The van der Waals surface area contributed by atoms with E-state index in [1.807, 2.05) is 6.07 Å². The Bertz CT molecular complexity index is 665. The monoisotopic (exact) mass is 415 g/mol. The standard InChI is InChI=1S/C23H37N5O2/c1-27(2)22(29)16-25-23(24-12-8-19-6-4-3-5-7-19)26-21-9-13-28(14-10-21)17-20-11-15-30-18-20/h3-7,20-21H,8-18H2,1-2H3,(H2,24,25,26). The molecule has 7 nitrogen and oxygen atoms in total. The molecule has 2 fully saturated rings. The van der Waals surface area contributed by atoms with Gasteiger partial charge in [-0.25, -0.2) is 4.99 Å². The molecule has 0 aliphatic carbocycles. The van der Waals surface area contributed by atoms with Crippen LogP contribution in [0.3, 0.4) is 0 Å². The highest BCUT2D eigenvalue weighted by Crippen LogP contribution is 2.17. The van der Waals surface area contributed by atoms with Gasteiger partial charge in [-0.3, -0.25) is 4.79 Å². The van der Waals surface area contributed by atoms with Crippen LogP contribution in [-0.2, 0) is 16.0 Å². The van der Waals surface area contributed by atoms with Gasteiger partial charge in [0.15, 0.2) is 5.96 Å². The van der Waals surface area contributed by atoms with Crippen molar-refractivity contribution in [1.29, 1.82) is 0 Å². The normalized spacial score (nSPS) is 20.9. The number of hydrogen-bond donors (Lipinski definition) is 2. The summed E-state index contributed by atoms with van der Waals surface area (Å²) in [5.41, 5.74) is 1.29. The first-order chi connectivity index (χ1) is 14.6. The number of carbonyl (C=O) groups is 1. The van der Waals surface area contributed by atoms with Gasteiger partial charge in [0.05, 0.1) is 6.61 Å². The molecule has 2 saturated heterocycles. The average Bonchev–Trinajstić information content (AvgIpc) is 3.26. The van der Waals surface area contributed by atoms with Gasteiger partial charge < -0.3 is 25.2 Å². The molecular weight excluding hydrogens is 378 g/mol. The van der Waals surface area contributed by atoms with Crippen molar-refractivity contribution in [3.63, 3.8) is 0 Å². The highest BCUT2D eigenvalue weighted by Gasteiger charge is 2.24. The van der Waals surface area contributed by atoms with Gasteiger partial charge in [-0.1, -0.05) is 30.3 Å². The number of guanidine groups is 1. The Morgan fingerprint density at radius 2 is 1.97 bits per heavy atom. The van der Waals surface area contributed by atoms with Crippen LogP contribution in [0.15, 0.2) is 35.3 Å². The van der Waals surface area contributed by atoms with Gasteiger partial charge in [-0.2, -0.15) is 0 Å². The molecule has 0 radical (unpaired) electrons. The van der Waals surface area contributed by atoms with Crippen LogP contribution in [0.25, 0.3) is 0 Å². The zero-order valence-corrected chi connectivity index (χ0v) is 18.5. The number of nitrogens with zero attached hydrogens (tertiary/aromatic N) is 3. The van der Waals surface area contributed by atoms with Crippen molar-refractivity contribution in [3.8, 4) is 0 Å². The van der Waals surface area contributed by atoms with E-state index in [1.165, 1.54) is 12.0 Å². The number of benzene rings is 1. The van der Waals surface area contributed by atoms with Crippen LogP contribution in [0.2, 0.25) is 0 Å². The van der Waals surface area contributed by atoms with E-state index in [0.29, 0.717) is 12.0 Å². The lowest BCUT2D eigenvalue weighted by molar-refractivity contribution is -0.127. The largest absolute Gasteiger partial charge is 0.381 e. The van der Waals surface area contributed by atoms with E-state index < -0.39 is 0 Å². The minimum Gasteiger partial charge on any atom is -0.381 e. The summed E-state index contributed by atoms with van der Waals surface area (Å²) in [4.78, 5) is 20.7. The van der Waals surface area contributed by atoms with Crippen LogP contribution in [0.1, 0.15) is 24.8 Å². The second-order valence-corrected chi connectivity index (χ2v) is 8.56. The molecule has 0 saturated carbocycles. The topological polar surface area (TPSA) is 69.2 Å². The van der Waals surface area contributed by atoms with E-state index in [4.69, 9.17) is 4.74 Å². The molecule has 2 aliphatic heterocycles. The number of piperidine rings is 1. The molecule has 2 aliphatic rings. The molecule has 0 bridgehead atoms. The molecule has 30 heavy (non-hydrogen) atoms. The van der Waals surface area contributed by atoms with E-state index in [-0.39, 0.29) is 12.5 Å². The van der Waals surface area contributed by atoms with Crippen molar-refractivity contribution in [2.45, 2.75) is 31.7 Å². The second kappa shape index (κ2) is 11.9. The third-order valence-corrected chi connectivity index (χ3v) is 5.89. The molecule has 1 aromatic carbocycles. The fourth-order valence-corrected chi connectivity index (χ4v) is 3.96. The fourth-order valence-electron chi connectivity index (χ4n) is 3.96. The lowest BCUT2D eigenvalue weighted by atomic mass is 10.0. The Morgan fingerprint density at radius 3 is 2.63 bits per heavy atom. The zero-order valence-electron chi connectivity index (χ0n) is 18.5. The molecule has 1 unspecified atom stereocenters. The number of rotatable bonds is 8. The van der Waals surface area contributed by atoms with Crippen LogP contribution in [0.5, 0.6) is 0 Å². The average molecular weight is 416 g/mol. The van der Waals surface area contributed by atoms with Crippen molar-refractivity contribution in [1.82, 2.24) is 20.4 Å². The van der Waals surface area contributed by atoms with E-state index in [0.717, 1.165) is 64.6 Å². The summed E-state index contributed by atoms with van der Waals surface area (Å²) in [7, 11) is 3.53. The Labute approximate surface area is 180 Å². The third kappa shape index (κ3) is 7.61. The molecule has 2 heterocycles. The Hall–Kier alpha value is -2.12. The number of carbonyl (C=O) groups excluding carboxylic acids is 1. The molecular formula is C23H37N5O2. The summed E-state index contributed by atoms with van der Waals surface area (Å²) in [5, 5.41) is 6.99. The summed E-state index contributed by atoms with van der Waals surface area (Å²) < 4.78 is 5.51. The van der Waals surface area contributed by atoms with Crippen LogP contribution < -0.4 is 10.6 Å². The highest BCUT2D eigenvalue weighted by molar-refractivity contribution is 5.84. The third-order valence-electron chi connectivity index (χ3n) is 5.89. The second-order valence-electron chi connectivity index (χ2n) is 8.56. The maximum absolute atomic E-state index is 12.0. The number of amides is 1. The molecule has 0 spiro atoms. The van der Waals surface area contributed by atoms with Gasteiger partial charge in [0.2, 0.25) is 5.91 Å². The van der Waals surface area contributed by atoms with Gasteiger partial charge in [-0.05, 0) is 37.2 Å². The van der Waals surface area contributed by atoms with E-state index in [9.17, 15) is 4.79 Å². The van der Waals surface area contributed by atoms with Crippen LogP contribution in [0.4, 0.5) is 0 Å². The van der Waals surface area contributed by atoms with E-state index in [2.05, 4.69) is 44.8 Å². The van der Waals surface area contributed by atoms with Crippen molar-refractivity contribution in [2.75, 3.05) is 60.0 Å². The number of ether oxygens (including phenoxy) is 1. The molecule has 1 amide bonds. The van der Waals surface area contributed by atoms with Crippen molar-refractivity contribution >= 4 is 11.9 Å². The first-order valence-electron chi connectivity index (χ1n) is 11.2. The molecule has 1 aromatic rings. The van der Waals surface area contributed by atoms with E-state index in [1.54, 1.807) is 19.0 Å². The Kier molecular flexibility index (Phi) is 8.96. The van der Waals surface area contributed by atoms with Crippen molar-refractivity contribution in [3.05, 3.63) is 35.9 Å². The first kappa shape index (κ1) is 22.6. The minimum atomic E-state index is 0.00719. The summed E-state index contributed by atoms with van der Waals surface area (Å²) in [6.07, 6.45) is 4.30. The maximum Gasteiger partial charge on any atom is 0.243 e. The molecule has 3 rings (SSSR count). The maximum atomic E-state index is 12.0. The molecule has 166 valence electrons. The number of likely N-dealkylation sites (tertiary alicyclic amines) is 1. The number of likely N-dealkylation sites (N-methyl/N-ethyl adjacent to an activating group) is 1. The zero-order chi connectivity index (χ0) is 21.2. The number of hydrogen-bond acceptors (Lipinski definition) is 4. The summed E-state index contributed by atoms with van der Waals surface area (Å²) in [5.74, 6) is 1.44. The van der Waals surface area contributed by atoms with Crippen molar-refractivity contribution in [2.24, 2.45) is 10.9 Å². The van der Waals surface area contributed by atoms with E-state index >= 15 is 0 Å². The smallest absolute Gasteiger partial charge is 0.243 e. The Morgan fingerprint density at radius 1 is 1.20 bits per heavy atom. The van der Waals surface area contributed by atoms with Crippen LogP contribution in [-0.4, -0.2) is 87.7 Å². The summed E-state index contributed by atoms with van der Waals surface area (Å²) >= 11 is 0. The predicted molar refractivity (Wildman–Crippen MR) is 121 cm³/mol.